The number of amides is 2. The maximum absolute atomic E-state index is 14.8. The summed E-state index contributed by atoms with van der Waals surface area (Å²) < 4.78 is 37.1. The van der Waals surface area contributed by atoms with Gasteiger partial charge in [-0.25, -0.2) is 9.44 Å². The molecule has 0 bridgehead atoms. The normalized spacial score (nSPS) is 24.2. The second-order valence-corrected chi connectivity index (χ2v) is 16.1. The van der Waals surface area contributed by atoms with Crippen LogP contribution < -0.4 is 9.44 Å². The Labute approximate surface area is 289 Å². The molecule has 3 unspecified atom stereocenters. The summed E-state index contributed by atoms with van der Waals surface area (Å²) in [5.41, 5.74) is 5.25. The maximum Gasteiger partial charge on any atom is 0.301 e. The van der Waals surface area contributed by atoms with Gasteiger partial charge in [0.2, 0.25) is 5.91 Å². The zero-order valence-corrected chi connectivity index (χ0v) is 29.7. The highest BCUT2D eigenvalue weighted by Gasteiger charge is 2.58. The van der Waals surface area contributed by atoms with E-state index in [9.17, 15) is 18.0 Å². The molecule has 49 heavy (non-hydrogen) atoms. The third-order valence-corrected chi connectivity index (χ3v) is 12.3. The Morgan fingerprint density at radius 3 is 2.47 bits per heavy atom. The molecule has 2 aromatic carbocycles. The molecule has 11 heteroatoms. The largest absolute Gasteiger partial charge is 0.501 e. The topological polar surface area (TPSA) is 113 Å². The van der Waals surface area contributed by atoms with Gasteiger partial charge < -0.3 is 14.2 Å². The number of carbonyl (C=O) groups excluding carboxylic acids is 2. The van der Waals surface area contributed by atoms with Crippen LogP contribution in [-0.2, 0) is 32.8 Å². The van der Waals surface area contributed by atoms with Gasteiger partial charge in [0.15, 0.2) is 0 Å². The average Bonchev–Trinajstić information content (AvgIpc) is 3.60. The Hall–Kier alpha value is -3.93. The van der Waals surface area contributed by atoms with Gasteiger partial charge in [-0.3, -0.25) is 14.5 Å². The summed E-state index contributed by atoms with van der Waals surface area (Å²) >= 11 is 0. The first kappa shape index (κ1) is 33.6. The molecule has 3 aromatic rings. The van der Waals surface area contributed by atoms with Gasteiger partial charge in [-0.05, 0) is 65.5 Å². The number of fused-ring (bicyclic) bond motifs is 7. The predicted molar refractivity (Wildman–Crippen MR) is 191 cm³/mol. The molecule has 1 saturated heterocycles. The number of carbonyl (C=O) groups is 2. The molecule has 0 spiro atoms. The van der Waals surface area contributed by atoms with Crippen LogP contribution in [0, 0.1) is 17.3 Å². The third-order valence-electron chi connectivity index (χ3n) is 11.4. The first-order valence-electron chi connectivity index (χ1n) is 17.4. The van der Waals surface area contributed by atoms with Crippen molar-refractivity contribution in [3.05, 3.63) is 88.8 Å². The lowest BCUT2D eigenvalue weighted by Gasteiger charge is -2.38. The number of hydrogen-bond acceptors (Lipinski definition) is 6. The molecule has 1 aromatic heterocycles. The number of aromatic nitrogens is 1. The van der Waals surface area contributed by atoms with Crippen molar-refractivity contribution in [1.29, 1.82) is 0 Å². The average molecular weight is 686 g/mol. The summed E-state index contributed by atoms with van der Waals surface area (Å²) in [6.07, 6.45) is 10.7. The molecule has 2 aliphatic carbocycles. The van der Waals surface area contributed by atoms with E-state index < -0.39 is 21.5 Å². The Balaban J connectivity index is 1.46. The van der Waals surface area contributed by atoms with Crippen molar-refractivity contribution >= 4 is 38.5 Å². The summed E-state index contributed by atoms with van der Waals surface area (Å²) in [6, 6.07) is 16.0. The third kappa shape index (κ3) is 5.99. The highest BCUT2D eigenvalue weighted by atomic mass is 32.2. The van der Waals surface area contributed by atoms with E-state index >= 15 is 0 Å². The Kier molecular flexibility index (Phi) is 8.96. The van der Waals surface area contributed by atoms with Crippen molar-refractivity contribution in [3.63, 3.8) is 0 Å². The summed E-state index contributed by atoms with van der Waals surface area (Å²) in [5, 5.41) is 1.07. The van der Waals surface area contributed by atoms with E-state index in [-0.39, 0.29) is 23.3 Å². The molecule has 2 amide bonds. The molecule has 2 fully saturated rings. The molecular formula is C38H47N5O5S. The molecule has 4 aliphatic rings. The first-order chi connectivity index (χ1) is 23.5. The molecule has 1 saturated carbocycles. The van der Waals surface area contributed by atoms with Gasteiger partial charge in [0.1, 0.15) is 0 Å². The van der Waals surface area contributed by atoms with Crippen LogP contribution in [0.15, 0.2) is 66.4 Å². The fourth-order valence-corrected chi connectivity index (χ4v) is 9.66. The van der Waals surface area contributed by atoms with Crippen molar-refractivity contribution in [1.82, 2.24) is 23.8 Å². The Morgan fingerprint density at radius 2 is 1.78 bits per heavy atom. The number of nitrogens with zero attached hydrogens (tertiary/aromatic N) is 3. The van der Waals surface area contributed by atoms with Gasteiger partial charge in [-0.15, -0.1) is 0 Å². The van der Waals surface area contributed by atoms with Crippen molar-refractivity contribution in [2.75, 3.05) is 41.3 Å². The smallest absolute Gasteiger partial charge is 0.301 e. The minimum Gasteiger partial charge on any atom is -0.501 e. The van der Waals surface area contributed by atoms with E-state index in [4.69, 9.17) is 4.74 Å². The Bertz CT molecular complexity index is 1940. The number of benzene rings is 2. The molecule has 10 nitrogen and oxygen atoms in total. The van der Waals surface area contributed by atoms with Gasteiger partial charge in [0.05, 0.1) is 18.3 Å². The van der Waals surface area contributed by atoms with Gasteiger partial charge in [0, 0.05) is 75.9 Å². The number of hydrogen-bond donors (Lipinski definition) is 2. The zero-order valence-electron chi connectivity index (χ0n) is 28.9. The van der Waals surface area contributed by atoms with E-state index in [0.717, 1.165) is 61.1 Å². The van der Waals surface area contributed by atoms with E-state index in [1.807, 2.05) is 32.3 Å². The van der Waals surface area contributed by atoms with Crippen molar-refractivity contribution < 1.29 is 22.7 Å². The number of likely N-dealkylation sites (tertiary alicyclic amines) is 1. The number of rotatable bonds is 8. The highest BCUT2D eigenvalue weighted by molar-refractivity contribution is 7.88. The number of ether oxygens (including phenoxy) is 1. The van der Waals surface area contributed by atoms with Gasteiger partial charge in [0.25, 0.3) is 5.91 Å². The van der Waals surface area contributed by atoms with Crippen molar-refractivity contribution in [3.8, 4) is 0 Å². The lowest BCUT2D eigenvalue weighted by molar-refractivity contribution is -0.142. The summed E-state index contributed by atoms with van der Waals surface area (Å²) in [5.74, 6) is 0.714. The van der Waals surface area contributed by atoms with E-state index in [2.05, 4.69) is 55.3 Å². The number of allylic oxidation sites excluding steroid dienone is 4. The van der Waals surface area contributed by atoms with Crippen LogP contribution in [0.4, 0.5) is 0 Å². The molecular weight excluding hydrogens is 639 g/mol. The van der Waals surface area contributed by atoms with Crippen molar-refractivity contribution in [2.24, 2.45) is 17.3 Å². The van der Waals surface area contributed by atoms with Crippen LogP contribution in [-0.4, -0.2) is 75.9 Å². The highest BCUT2D eigenvalue weighted by Crippen LogP contribution is 2.56. The molecule has 2 aliphatic heterocycles. The van der Waals surface area contributed by atoms with E-state index in [0.29, 0.717) is 25.4 Å². The zero-order chi connectivity index (χ0) is 34.5. The standard InChI is InChI=1S/C38H47N5O5S/c1-39-49(46,47)40-36(44)27-15-17-30-33(19-27)43-24-38(37(45)41(2)3)23-42(21-25-11-7-5-8-12-25)22-32(38)31-20-28(48-4)16-18-29(31)35(43)34(30)26-13-9-6-10-14-26/h5,7-8,11-12,15-19,26,31-32,39H,6,9-10,13-14,20-24H2,1-4H3,(H,40,44). The molecule has 3 heterocycles. The fraction of sp³-hybridized carbons (Fsp3) is 0.474. The van der Waals surface area contributed by atoms with Gasteiger partial charge in [-0.2, -0.15) is 8.42 Å². The minimum atomic E-state index is -3.99. The molecule has 2 N–H and O–H groups in total. The monoisotopic (exact) mass is 685 g/mol. The SMILES string of the molecule is CNS(=O)(=O)NC(=O)c1ccc2c(C3CCCCC3)c3n(c2c1)CC1(C(=O)N(C)C)CN(Cc2ccccc2)CC1C1CC(OC)=CC=C31. The number of nitrogens with one attached hydrogen (secondary N) is 2. The summed E-state index contributed by atoms with van der Waals surface area (Å²) in [4.78, 5) is 32.3. The van der Waals surface area contributed by atoms with Crippen LogP contribution >= 0.6 is 0 Å². The number of methoxy groups -OCH3 is 1. The molecule has 260 valence electrons. The molecule has 3 atom stereocenters. The van der Waals surface area contributed by atoms with Crippen LogP contribution in [0.3, 0.4) is 0 Å². The van der Waals surface area contributed by atoms with E-state index in [1.165, 1.54) is 30.2 Å². The first-order valence-corrected chi connectivity index (χ1v) is 18.9. The minimum absolute atomic E-state index is 0.0117. The fourth-order valence-electron chi connectivity index (χ4n) is 9.19. The predicted octanol–water partition coefficient (Wildman–Crippen LogP) is 5.04. The van der Waals surface area contributed by atoms with Crippen LogP contribution in [0.5, 0.6) is 0 Å². The van der Waals surface area contributed by atoms with Crippen molar-refractivity contribution in [2.45, 2.75) is 57.5 Å². The van der Waals surface area contributed by atoms with E-state index in [1.54, 1.807) is 18.1 Å². The molecule has 0 radical (unpaired) electrons. The van der Waals surface area contributed by atoms with Crippen LogP contribution in [0.1, 0.15) is 71.6 Å². The molecule has 7 rings (SSSR count). The summed E-state index contributed by atoms with van der Waals surface area (Å²) in [7, 11) is 2.70. The lowest BCUT2D eigenvalue weighted by Crippen LogP contribution is -2.49. The second-order valence-electron chi connectivity index (χ2n) is 14.4. The maximum atomic E-state index is 14.8. The summed E-state index contributed by atoms with van der Waals surface area (Å²) in [6.45, 7) is 2.56. The second kappa shape index (κ2) is 13.1. The Morgan fingerprint density at radius 1 is 1.02 bits per heavy atom. The quantitative estimate of drug-likeness (QED) is 0.344. The van der Waals surface area contributed by atoms with Gasteiger partial charge in [-0.1, -0.05) is 61.7 Å². The van der Waals surface area contributed by atoms with Gasteiger partial charge >= 0.3 is 10.2 Å². The lowest BCUT2D eigenvalue weighted by atomic mass is 9.66. The van der Waals surface area contributed by atoms with Crippen LogP contribution in [0.25, 0.3) is 16.5 Å². The van der Waals surface area contributed by atoms with Crippen LogP contribution in [0.2, 0.25) is 0 Å².